The third-order valence-electron chi connectivity index (χ3n) is 3.31. The first-order chi connectivity index (χ1) is 8.92. The lowest BCUT2D eigenvalue weighted by molar-refractivity contribution is -0.163. The van der Waals surface area contributed by atoms with E-state index in [9.17, 15) is 18.0 Å². The molecule has 1 unspecified atom stereocenters. The molecule has 1 atom stereocenters. The third-order valence-corrected chi connectivity index (χ3v) is 3.31. The zero-order valence-corrected chi connectivity index (χ0v) is 10.3. The molecule has 0 saturated heterocycles. The van der Waals surface area contributed by atoms with Crippen LogP contribution in [0.15, 0.2) is 24.3 Å². The Kier molecular flexibility index (Phi) is 3.80. The topological polar surface area (TPSA) is 46.3 Å². The first-order valence-corrected chi connectivity index (χ1v) is 6.06. The Morgan fingerprint density at radius 3 is 2.68 bits per heavy atom. The van der Waals surface area contributed by atoms with E-state index in [4.69, 9.17) is 5.73 Å². The molecule has 3 nitrogen and oxygen atoms in total. The summed E-state index contributed by atoms with van der Waals surface area (Å²) in [4.78, 5) is 13.0. The summed E-state index contributed by atoms with van der Waals surface area (Å²) < 4.78 is 36.9. The highest BCUT2D eigenvalue weighted by molar-refractivity contribution is 5.77. The Bertz CT molecular complexity index is 473. The van der Waals surface area contributed by atoms with Crippen LogP contribution in [-0.2, 0) is 11.2 Å². The molecule has 0 aliphatic carbocycles. The molecule has 0 aromatic heterocycles. The van der Waals surface area contributed by atoms with Crippen molar-refractivity contribution in [3.63, 3.8) is 0 Å². The molecule has 6 heteroatoms. The second-order valence-electron chi connectivity index (χ2n) is 4.58. The minimum Gasteiger partial charge on any atom is -0.334 e. The Hall–Kier alpha value is -1.56. The van der Waals surface area contributed by atoms with E-state index in [1.807, 2.05) is 18.2 Å². The summed E-state index contributed by atoms with van der Waals surface area (Å²) in [5.41, 5.74) is 7.54. The number of carbonyl (C=O) groups excluding carboxylic acids is 1. The van der Waals surface area contributed by atoms with E-state index in [1.165, 1.54) is 4.90 Å². The third kappa shape index (κ3) is 3.07. The van der Waals surface area contributed by atoms with Gasteiger partial charge in [-0.3, -0.25) is 4.79 Å². The summed E-state index contributed by atoms with van der Waals surface area (Å²) in [6, 6.07) is 6.96. The van der Waals surface area contributed by atoms with Gasteiger partial charge in [-0.25, -0.2) is 0 Å². The normalized spacial score (nSPS) is 19.2. The number of hydrogen-bond donors (Lipinski definition) is 1. The highest BCUT2D eigenvalue weighted by atomic mass is 19.4. The monoisotopic (exact) mass is 272 g/mol. The standard InChI is InChI=1S/C13H15F3N2O/c14-13(15,16)7-12(19)18-6-5-9-3-1-2-4-10(9)11(18)8-17/h1-4,11H,5-8,17H2. The Balaban J connectivity index is 2.22. The molecule has 2 rings (SSSR count). The number of hydrogen-bond acceptors (Lipinski definition) is 2. The molecule has 1 aliphatic rings. The van der Waals surface area contributed by atoms with Crippen LogP contribution in [0.25, 0.3) is 0 Å². The molecule has 1 aliphatic heterocycles. The van der Waals surface area contributed by atoms with E-state index in [1.54, 1.807) is 6.07 Å². The first kappa shape index (κ1) is 13.9. The van der Waals surface area contributed by atoms with Gasteiger partial charge in [0.05, 0.1) is 6.04 Å². The number of benzene rings is 1. The van der Waals surface area contributed by atoms with E-state index in [-0.39, 0.29) is 13.1 Å². The lowest BCUT2D eigenvalue weighted by Gasteiger charge is -2.37. The molecule has 19 heavy (non-hydrogen) atoms. The summed E-state index contributed by atoms with van der Waals surface area (Å²) in [7, 11) is 0. The molecule has 0 spiro atoms. The number of nitrogens with two attached hydrogens (primary N) is 1. The number of carbonyl (C=O) groups is 1. The van der Waals surface area contributed by atoms with Crippen molar-refractivity contribution in [1.29, 1.82) is 0 Å². The maximum absolute atomic E-state index is 12.3. The molecule has 1 aromatic rings. The van der Waals surface area contributed by atoms with Gasteiger partial charge in [0.15, 0.2) is 0 Å². The molecule has 1 heterocycles. The van der Waals surface area contributed by atoms with Crippen LogP contribution in [0.2, 0.25) is 0 Å². The lowest BCUT2D eigenvalue weighted by atomic mass is 9.92. The van der Waals surface area contributed by atoms with Crippen molar-refractivity contribution in [2.75, 3.05) is 13.1 Å². The zero-order valence-electron chi connectivity index (χ0n) is 10.3. The maximum Gasteiger partial charge on any atom is 0.397 e. The molecular formula is C13H15F3N2O. The highest BCUT2D eigenvalue weighted by Gasteiger charge is 2.37. The zero-order chi connectivity index (χ0) is 14.0. The van der Waals surface area contributed by atoms with Crippen molar-refractivity contribution in [3.05, 3.63) is 35.4 Å². The number of halogens is 3. The number of fused-ring (bicyclic) bond motifs is 1. The summed E-state index contributed by atoms with van der Waals surface area (Å²) >= 11 is 0. The minimum absolute atomic E-state index is 0.126. The smallest absolute Gasteiger partial charge is 0.334 e. The maximum atomic E-state index is 12.3. The van der Waals surface area contributed by atoms with E-state index >= 15 is 0 Å². The highest BCUT2D eigenvalue weighted by Crippen LogP contribution is 2.31. The summed E-state index contributed by atoms with van der Waals surface area (Å²) in [6.45, 7) is 0.411. The summed E-state index contributed by atoms with van der Waals surface area (Å²) in [6.07, 6.45) is -5.34. The van der Waals surface area contributed by atoms with E-state index < -0.39 is 24.5 Å². The van der Waals surface area contributed by atoms with Crippen molar-refractivity contribution in [1.82, 2.24) is 4.90 Å². The van der Waals surface area contributed by atoms with E-state index in [0.717, 1.165) is 11.1 Å². The van der Waals surface area contributed by atoms with Crippen LogP contribution in [0.5, 0.6) is 0 Å². The van der Waals surface area contributed by atoms with Gasteiger partial charge in [-0.1, -0.05) is 24.3 Å². The molecule has 1 aromatic carbocycles. The molecule has 0 saturated carbocycles. The SMILES string of the molecule is NCC1c2ccccc2CCN1C(=O)CC(F)(F)F. The average Bonchev–Trinajstić information content (AvgIpc) is 2.35. The number of alkyl halides is 3. The van der Waals surface area contributed by atoms with E-state index in [0.29, 0.717) is 6.42 Å². The van der Waals surface area contributed by atoms with Gasteiger partial charge in [-0.2, -0.15) is 13.2 Å². The summed E-state index contributed by atoms with van der Waals surface area (Å²) in [5, 5.41) is 0. The molecule has 0 fully saturated rings. The van der Waals surface area contributed by atoms with Crippen LogP contribution < -0.4 is 5.73 Å². The Labute approximate surface area is 109 Å². The van der Waals surface area contributed by atoms with Crippen molar-refractivity contribution in [2.45, 2.75) is 25.1 Å². The minimum atomic E-state index is -4.48. The molecular weight excluding hydrogens is 257 g/mol. The van der Waals surface area contributed by atoms with Crippen LogP contribution in [0.3, 0.4) is 0 Å². The fraction of sp³-hybridized carbons (Fsp3) is 0.462. The van der Waals surface area contributed by atoms with Crippen molar-refractivity contribution >= 4 is 5.91 Å². The predicted molar refractivity (Wildman–Crippen MR) is 64.3 cm³/mol. The van der Waals surface area contributed by atoms with Crippen LogP contribution in [0.4, 0.5) is 13.2 Å². The Morgan fingerprint density at radius 2 is 2.05 bits per heavy atom. The van der Waals surface area contributed by atoms with Gasteiger partial charge in [0.25, 0.3) is 0 Å². The van der Waals surface area contributed by atoms with Gasteiger partial charge in [0.1, 0.15) is 6.42 Å². The quantitative estimate of drug-likeness (QED) is 0.895. The fourth-order valence-corrected chi connectivity index (χ4v) is 2.48. The first-order valence-electron chi connectivity index (χ1n) is 6.06. The predicted octanol–water partition coefficient (Wildman–Crippen LogP) is 2.02. The van der Waals surface area contributed by atoms with Crippen LogP contribution in [0, 0.1) is 0 Å². The van der Waals surface area contributed by atoms with Gasteiger partial charge in [-0.15, -0.1) is 0 Å². The number of amides is 1. The molecule has 1 amide bonds. The van der Waals surface area contributed by atoms with E-state index in [2.05, 4.69) is 0 Å². The van der Waals surface area contributed by atoms with Gasteiger partial charge in [0, 0.05) is 13.1 Å². The van der Waals surface area contributed by atoms with Gasteiger partial charge in [0.2, 0.25) is 5.91 Å². The summed E-state index contributed by atoms with van der Waals surface area (Å²) in [5.74, 6) is -0.905. The lowest BCUT2D eigenvalue weighted by Crippen LogP contribution is -2.44. The van der Waals surface area contributed by atoms with Crippen molar-refractivity contribution < 1.29 is 18.0 Å². The molecule has 0 radical (unpaired) electrons. The molecule has 104 valence electrons. The fourth-order valence-electron chi connectivity index (χ4n) is 2.48. The second-order valence-corrected chi connectivity index (χ2v) is 4.58. The number of rotatable bonds is 2. The molecule has 0 bridgehead atoms. The van der Waals surface area contributed by atoms with Crippen LogP contribution in [0.1, 0.15) is 23.6 Å². The van der Waals surface area contributed by atoms with Crippen LogP contribution >= 0.6 is 0 Å². The molecule has 2 N–H and O–H groups in total. The Morgan fingerprint density at radius 1 is 1.37 bits per heavy atom. The largest absolute Gasteiger partial charge is 0.397 e. The van der Waals surface area contributed by atoms with Gasteiger partial charge < -0.3 is 10.6 Å². The average molecular weight is 272 g/mol. The number of nitrogens with zero attached hydrogens (tertiary/aromatic N) is 1. The van der Waals surface area contributed by atoms with Gasteiger partial charge >= 0.3 is 6.18 Å². The van der Waals surface area contributed by atoms with Crippen molar-refractivity contribution in [3.8, 4) is 0 Å². The van der Waals surface area contributed by atoms with Crippen molar-refractivity contribution in [2.24, 2.45) is 5.73 Å². The van der Waals surface area contributed by atoms with Gasteiger partial charge in [-0.05, 0) is 17.5 Å². The van der Waals surface area contributed by atoms with Crippen LogP contribution in [-0.4, -0.2) is 30.1 Å². The second kappa shape index (κ2) is 5.21.